The van der Waals surface area contributed by atoms with Crippen LogP contribution in [-0.2, 0) is 59.2 Å². The minimum absolute atomic E-state index is 0.00793. The lowest BCUT2D eigenvalue weighted by Crippen LogP contribution is -2.29. The molecule has 5 heterocycles. The van der Waals surface area contributed by atoms with Crippen LogP contribution in [0.25, 0.3) is 0 Å². The molecule has 5 rings (SSSR count). The Morgan fingerprint density at radius 2 is 0.747 bits per heavy atom. The van der Waals surface area contributed by atoms with Crippen molar-refractivity contribution in [1.29, 1.82) is 0 Å². The molecule has 0 radical (unpaired) electrons. The first-order chi connectivity index (χ1) is 37.8. The summed E-state index contributed by atoms with van der Waals surface area (Å²) < 4.78 is 11.9. The van der Waals surface area contributed by atoms with E-state index in [2.05, 4.69) is 69.1 Å². The van der Waals surface area contributed by atoms with Crippen molar-refractivity contribution in [2.75, 3.05) is 53.3 Å². The molecule has 0 atom stereocenters. The van der Waals surface area contributed by atoms with Crippen LogP contribution in [0, 0.1) is 0 Å². The van der Waals surface area contributed by atoms with Crippen molar-refractivity contribution in [3.05, 3.63) is 72.0 Å². The third kappa shape index (κ3) is 19.7. The van der Waals surface area contributed by atoms with E-state index in [1.54, 1.807) is 47.6 Å². The van der Waals surface area contributed by atoms with E-state index in [4.69, 9.17) is 0 Å². The molecule has 0 spiro atoms. The fourth-order valence-corrected chi connectivity index (χ4v) is 8.44. The molecule has 26 nitrogen and oxygen atoms in total. The van der Waals surface area contributed by atoms with Gasteiger partial charge in [0.1, 0.15) is 11.4 Å². The van der Waals surface area contributed by atoms with E-state index in [1.807, 2.05) is 0 Å². The van der Waals surface area contributed by atoms with E-state index in [9.17, 15) is 43.2 Å². The topological polar surface area (TPSA) is 322 Å². The normalized spacial score (nSPS) is 10.9. The number of ether oxygens (including phenoxy) is 1. The Labute approximate surface area is 459 Å². The quantitative estimate of drug-likeness (QED) is 0.0196. The maximum Gasteiger partial charge on any atom is 0.307 e. The van der Waals surface area contributed by atoms with Crippen LogP contribution in [0.15, 0.2) is 43.1 Å². The molecule has 0 aromatic carbocycles. The van der Waals surface area contributed by atoms with Crippen LogP contribution in [0.2, 0.25) is 0 Å². The number of amides is 8. The second-order valence-corrected chi connectivity index (χ2v) is 19.3. The number of esters is 1. The highest BCUT2D eigenvalue weighted by molar-refractivity contribution is 6.05. The van der Waals surface area contributed by atoms with Gasteiger partial charge < -0.3 is 70.1 Å². The zero-order chi connectivity index (χ0) is 57.4. The molecule has 26 heteroatoms. The molecule has 0 saturated heterocycles. The summed E-state index contributed by atoms with van der Waals surface area (Å²) in [5, 5.41) is 21.3. The molecular formula is C53H76N16O10. The first-order valence-corrected chi connectivity index (χ1v) is 26.7. The molecule has 0 saturated carbocycles. The summed E-state index contributed by atoms with van der Waals surface area (Å²) in [5.74, 6) is -3.89. The van der Waals surface area contributed by atoms with Crippen molar-refractivity contribution >= 4 is 82.1 Å². The van der Waals surface area contributed by atoms with Crippen LogP contribution < -0.4 is 42.5 Å². The summed E-state index contributed by atoms with van der Waals surface area (Å²) in [4.78, 5) is 127. The highest BCUT2D eigenvalue weighted by atomic mass is 16.5. The summed E-state index contributed by atoms with van der Waals surface area (Å²) >= 11 is 0. The minimum atomic E-state index is -0.636. The Morgan fingerprint density at radius 3 is 1.14 bits per heavy atom. The van der Waals surface area contributed by atoms with E-state index in [0.29, 0.717) is 12.1 Å². The standard InChI is InChI=1S/C53H76N16O10/c1-8-9-10-11-12-13-14-15-16-17-18-19-20-21-42(70)59-39-33-68(5)47(63-39)52(77)57-35-28-37(65(2)30-35)50(75)55-26-23-44(72)61-41-34-69(6)48(64-41)53(78)58-36-29-38(66(3)31-36)49(74)54-25-22-43(71)60-40-32-67(4)46(62-40)51(76)56-27-24-45(73)79-7/h28-34H,8-27H2,1-7H3,(H,54,74)(H,55,75)(H,56,76)(H,57,77)(H,58,78)(H,59,70)(H,60,71)(H,61,72). The molecule has 0 aliphatic carbocycles. The van der Waals surface area contributed by atoms with Gasteiger partial charge in [0.05, 0.1) is 24.9 Å². The van der Waals surface area contributed by atoms with Crippen LogP contribution >= 0.6 is 0 Å². The second kappa shape index (κ2) is 31.0. The average Bonchev–Trinajstić information content (AvgIpc) is 4.25. The number of nitrogens with zero attached hydrogens (tertiary/aromatic N) is 8. The van der Waals surface area contributed by atoms with E-state index < -0.39 is 47.3 Å². The van der Waals surface area contributed by atoms with Crippen LogP contribution in [0.1, 0.15) is 169 Å². The van der Waals surface area contributed by atoms with Gasteiger partial charge in [-0.2, -0.15) is 0 Å². The minimum Gasteiger partial charge on any atom is -0.469 e. The number of methoxy groups -OCH3 is 1. The van der Waals surface area contributed by atoms with Crippen LogP contribution in [0.5, 0.6) is 0 Å². The molecule has 5 aromatic heterocycles. The summed E-state index contributed by atoms with van der Waals surface area (Å²) in [6.45, 7) is 2.18. The number of hydrogen-bond donors (Lipinski definition) is 8. The van der Waals surface area contributed by atoms with Gasteiger partial charge in [-0.3, -0.25) is 43.2 Å². The SMILES string of the molecule is CCCCCCCCCCCCCCCC(=O)Nc1cn(C)c(C(=O)Nc2cc(C(=O)NCCC(=O)Nc3cn(C)c(C(=O)Nc4cc(C(=O)NCCC(=O)Nc5cn(C)c(C(=O)NCCC(=O)OC)n5)n(C)c4)n3)n(C)c2)n1. The number of hydrogen-bond acceptors (Lipinski definition) is 13. The molecule has 428 valence electrons. The Balaban J connectivity index is 0.979. The van der Waals surface area contributed by atoms with E-state index in [1.165, 1.54) is 125 Å². The lowest BCUT2D eigenvalue weighted by molar-refractivity contribution is -0.140. The van der Waals surface area contributed by atoms with Gasteiger partial charge in [0.2, 0.25) is 35.2 Å². The number of aromatic nitrogens is 8. The van der Waals surface area contributed by atoms with Crippen LogP contribution in [0.3, 0.4) is 0 Å². The smallest absolute Gasteiger partial charge is 0.307 e. The van der Waals surface area contributed by atoms with Crippen LogP contribution in [-0.4, -0.2) is 118 Å². The molecule has 0 aliphatic rings. The largest absolute Gasteiger partial charge is 0.469 e. The number of unbranched alkanes of at least 4 members (excludes halogenated alkanes) is 12. The maximum atomic E-state index is 13.3. The fraction of sp³-hybridized carbons (Fsp3) is 0.509. The number of anilines is 5. The average molecular weight is 1100 g/mol. The molecular weight excluding hydrogens is 1020 g/mol. The molecule has 8 amide bonds. The Bertz CT molecular complexity index is 2920. The maximum absolute atomic E-state index is 13.3. The molecule has 8 N–H and O–H groups in total. The van der Waals surface area contributed by atoms with Crippen molar-refractivity contribution in [3.8, 4) is 0 Å². The molecule has 0 aliphatic heterocycles. The number of nitrogens with one attached hydrogen (secondary N) is 8. The zero-order valence-corrected chi connectivity index (χ0v) is 46.3. The van der Waals surface area contributed by atoms with Gasteiger partial charge >= 0.3 is 5.97 Å². The third-order valence-electron chi connectivity index (χ3n) is 12.7. The second-order valence-electron chi connectivity index (χ2n) is 19.3. The number of rotatable bonds is 33. The first-order valence-electron chi connectivity index (χ1n) is 26.7. The molecule has 5 aromatic rings. The third-order valence-corrected chi connectivity index (χ3v) is 12.7. The predicted molar refractivity (Wildman–Crippen MR) is 295 cm³/mol. The Morgan fingerprint density at radius 1 is 0.405 bits per heavy atom. The van der Waals surface area contributed by atoms with Gasteiger partial charge in [-0.05, 0) is 18.6 Å². The number of carbonyl (C=O) groups is 9. The van der Waals surface area contributed by atoms with Crippen molar-refractivity contribution in [2.24, 2.45) is 35.2 Å². The summed E-state index contributed by atoms with van der Waals surface area (Å²) in [6.07, 6.45) is 23.5. The number of aryl methyl sites for hydroxylation is 5. The van der Waals surface area contributed by atoms with E-state index >= 15 is 0 Å². The van der Waals surface area contributed by atoms with Crippen molar-refractivity contribution in [3.63, 3.8) is 0 Å². The van der Waals surface area contributed by atoms with Gasteiger partial charge in [-0.1, -0.05) is 84.0 Å². The van der Waals surface area contributed by atoms with E-state index in [0.717, 1.165) is 19.3 Å². The Kier molecular flexibility index (Phi) is 24.0. The van der Waals surface area contributed by atoms with Gasteiger partial charge in [0, 0.05) is 105 Å². The lowest BCUT2D eigenvalue weighted by atomic mass is 10.0. The lowest BCUT2D eigenvalue weighted by Gasteiger charge is -2.06. The molecule has 0 unspecified atom stereocenters. The van der Waals surface area contributed by atoms with Crippen LogP contribution in [0.4, 0.5) is 28.8 Å². The molecule has 0 fully saturated rings. The molecule has 79 heavy (non-hydrogen) atoms. The highest BCUT2D eigenvalue weighted by Gasteiger charge is 2.22. The van der Waals surface area contributed by atoms with Gasteiger partial charge in [-0.25, -0.2) is 15.0 Å². The van der Waals surface area contributed by atoms with Crippen molar-refractivity contribution in [1.82, 2.24) is 53.7 Å². The van der Waals surface area contributed by atoms with E-state index in [-0.39, 0.29) is 96.8 Å². The van der Waals surface area contributed by atoms with Crippen molar-refractivity contribution in [2.45, 2.75) is 116 Å². The monoisotopic (exact) mass is 1100 g/mol. The first kappa shape index (κ1) is 61.3. The highest BCUT2D eigenvalue weighted by Crippen LogP contribution is 2.19. The van der Waals surface area contributed by atoms with Gasteiger partial charge in [0.25, 0.3) is 29.5 Å². The summed E-state index contributed by atoms with van der Waals surface area (Å²) in [7, 11) is 9.24. The summed E-state index contributed by atoms with van der Waals surface area (Å²) in [6, 6.07) is 2.92. The number of imidazole rings is 3. The van der Waals surface area contributed by atoms with Gasteiger partial charge in [0.15, 0.2) is 17.5 Å². The van der Waals surface area contributed by atoms with Gasteiger partial charge in [-0.15, -0.1) is 0 Å². The molecule has 0 bridgehead atoms. The van der Waals surface area contributed by atoms with Crippen molar-refractivity contribution < 1.29 is 47.9 Å². The summed E-state index contributed by atoms with van der Waals surface area (Å²) in [5.41, 5.74) is 0.985. The predicted octanol–water partition coefficient (Wildman–Crippen LogP) is 5.30. The zero-order valence-electron chi connectivity index (χ0n) is 46.3. The number of carbonyl (C=O) groups excluding carboxylic acids is 9. The Hall–Kier alpha value is -8.58. The fourth-order valence-electron chi connectivity index (χ4n) is 8.44.